The van der Waals surface area contributed by atoms with Crippen LogP contribution < -0.4 is 10.4 Å². The molecule has 0 saturated carbocycles. The van der Waals surface area contributed by atoms with E-state index < -0.39 is 24.1 Å². The molecule has 2 atom stereocenters. The maximum absolute atomic E-state index is 12.4. The molecule has 2 unspecified atom stereocenters. The van der Waals surface area contributed by atoms with Gasteiger partial charge in [0.25, 0.3) is 5.91 Å². The first-order chi connectivity index (χ1) is 14.9. The second-order valence-electron chi connectivity index (χ2n) is 7.65. The summed E-state index contributed by atoms with van der Waals surface area (Å²) >= 11 is 0. The Hall–Kier alpha value is -3.19. The van der Waals surface area contributed by atoms with Gasteiger partial charge < -0.3 is 20.3 Å². The van der Waals surface area contributed by atoms with Gasteiger partial charge in [-0.15, -0.1) is 0 Å². The van der Waals surface area contributed by atoms with Crippen molar-refractivity contribution in [2.45, 2.75) is 44.8 Å². The van der Waals surface area contributed by atoms with Crippen LogP contribution in [0, 0.1) is 0 Å². The molecule has 2 aromatic rings. The first kappa shape index (κ1) is 22.5. The number of nitrogens with zero attached hydrogens (tertiary/aromatic N) is 1. The molecular weight excluding hydrogens is 396 g/mol. The fourth-order valence-corrected chi connectivity index (χ4v) is 3.85. The molecule has 0 heterocycles. The second kappa shape index (κ2) is 10.2. The molecule has 0 spiro atoms. The van der Waals surface area contributed by atoms with E-state index in [9.17, 15) is 19.8 Å². The van der Waals surface area contributed by atoms with E-state index in [0.717, 1.165) is 22.3 Å². The Labute approximate surface area is 181 Å². The molecule has 164 valence electrons. The third-order valence-corrected chi connectivity index (χ3v) is 5.34. The van der Waals surface area contributed by atoms with Crippen LogP contribution in [0.1, 0.15) is 43.7 Å². The molecule has 7 heteroatoms. The lowest BCUT2D eigenvalue weighted by Crippen LogP contribution is -2.44. The predicted octanol–water partition coefficient (Wildman–Crippen LogP) is 1.77. The third kappa shape index (κ3) is 5.30. The Morgan fingerprint density at radius 1 is 1.13 bits per heavy atom. The number of aliphatic hydroxyl groups excluding tert-OH is 1. The molecule has 2 aromatic carbocycles. The van der Waals surface area contributed by atoms with Crippen molar-refractivity contribution in [3.8, 4) is 11.1 Å². The number of benzene rings is 2. The van der Waals surface area contributed by atoms with Gasteiger partial charge in [0.05, 0.1) is 12.6 Å². The molecule has 0 aliphatic heterocycles. The largest absolute Gasteiger partial charge is 0.599 e. The topological polar surface area (TPSA) is 111 Å². The molecule has 0 saturated heterocycles. The van der Waals surface area contributed by atoms with Crippen molar-refractivity contribution in [3.63, 3.8) is 0 Å². The fraction of sp³-hybridized carbons (Fsp3) is 0.375. The number of carbonyl (C=O) groups is 2. The number of ether oxygens (including phenoxy) is 1. The summed E-state index contributed by atoms with van der Waals surface area (Å²) in [6, 6.07) is 15.1. The smallest absolute Gasteiger partial charge is 0.251 e. The number of hydrogen-bond donors (Lipinski definition) is 2. The highest BCUT2D eigenvalue weighted by Crippen LogP contribution is 2.44. The van der Waals surface area contributed by atoms with Crippen LogP contribution in [0.2, 0.25) is 0 Å². The average Bonchev–Trinajstić information content (AvgIpc) is 3.09. The van der Waals surface area contributed by atoms with E-state index in [4.69, 9.17) is 4.74 Å². The Bertz CT molecular complexity index is 926. The second-order valence-corrected chi connectivity index (χ2v) is 7.65. The zero-order valence-electron chi connectivity index (χ0n) is 17.7. The molecule has 0 fully saturated rings. The van der Waals surface area contributed by atoms with E-state index in [1.54, 1.807) is 0 Å². The van der Waals surface area contributed by atoms with Crippen LogP contribution in [0.5, 0.6) is 0 Å². The molecule has 0 aromatic heterocycles. The van der Waals surface area contributed by atoms with Gasteiger partial charge in [-0.2, -0.15) is 0 Å². The molecule has 0 bridgehead atoms. The number of Topliss-reactive ketones (excluding diaryl/α,β-unsaturated/α-hetero) is 1. The standard InChI is InChI=1S/C24H28N2O5/c1-3-8-21(22(28)23(29)25-13-15(2)27)26-24(30)31-14-20-18-11-6-4-9-16(18)17-10-5-7-12-19(17)20/h4-7,9-12,20-22,28H,3,8,13-14H2,1-2H3,(H,25,29)(H,26,30)/p-1. The summed E-state index contributed by atoms with van der Waals surface area (Å²) < 4.78 is 5.44. The number of rotatable bonds is 9. The number of amides is 1. The van der Waals surface area contributed by atoms with Crippen molar-refractivity contribution in [1.29, 1.82) is 0 Å². The maximum Gasteiger partial charge on any atom is 0.251 e. The number of aliphatic imine (C=N–C) groups is 1. The highest BCUT2D eigenvalue weighted by Gasteiger charge is 2.28. The van der Waals surface area contributed by atoms with Crippen molar-refractivity contribution in [1.82, 2.24) is 5.32 Å². The fourth-order valence-electron chi connectivity index (χ4n) is 3.85. The normalized spacial score (nSPS) is 15.0. The van der Waals surface area contributed by atoms with E-state index in [0.29, 0.717) is 12.8 Å². The minimum Gasteiger partial charge on any atom is -0.599 e. The Balaban J connectivity index is 1.70. The molecule has 7 nitrogen and oxygen atoms in total. The zero-order valence-corrected chi connectivity index (χ0v) is 17.7. The molecular formula is C24H27N2O5-. The summed E-state index contributed by atoms with van der Waals surface area (Å²) in [5, 5.41) is 25.0. The molecule has 1 aliphatic carbocycles. The zero-order chi connectivity index (χ0) is 22.4. The number of nitrogens with one attached hydrogen (secondary N) is 1. The molecule has 1 aliphatic rings. The van der Waals surface area contributed by atoms with Crippen LogP contribution >= 0.6 is 0 Å². The highest BCUT2D eigenvalue weighted by atomic mass is 16.6. The van der Waals surface area contributed by atoms with Gasteiger partial charge in [-0.25, -0.2) is 0 Å². The van der Waals surface area contributed by atoms with Crippen LogP contribution in [-0.2, 0) is 14.3 Å². The molecule has 31 heavy (non-hydrogen) atoms. The molecule has 2 N–H and O–H groups in total. The highest BCUT2D eigenvalue weighted by molar-refractivity contribution is 5.87. The van der Waals surface area contributed by atoms with Crippen molar-refractivity contribution < 1.29 is 24.5 Å². The Kier molecular flexibility index (Phi) is 7.41. The predicted molar refractivity (Wildman–Crippen MR) is 116 cm³/mol. The number of fused-ring (bicyclic) bond motifs is 3. The summed E-state index contributed by atoms with van der Waals surface area (Å²) in [4.78, 5) is 27.0. The lowest BCUT2D eigenvalue weighted by atomic mass is 9.98. The van der Waals surface area contributed by atoms with Gasteiger partial charge in [-0.3, -0.25) is 14.6 Å². The van der Waals surface area contributed by atoms with E-state index in [-0.39, 0.29) is 24.9 Å². The van der Waals surface area contributed by atoms with Crippen LogP contribution in [0.15, 0.2) is 53.5 Å². The summed E-state index contributed by atoms with van der Waals surface area (Å²) in [5.74, 6) is -1.06. The van der Waals surface area contributed by atoms with Gasteiger partial charge in [0.1, 0.15) is 11.9 Å². The Morgan fingerprint density at radius 3 is 2.26 bits per heavy atom. The lowest BCUT2D eigenvalue weighted by molar-refractivity contribution is -0.251. The minimum absolute atomic E-state index is 0.0973. The van der Waals surface area contributed by atoms with Crippen LogP contribution in [0.4, 0.5) is 0 Å². The molecule has 1 amide bonds. The van der Waals surface area contributed by atoms with E-state index >= 15 is 0 Å². The lowest BCUT2D eigenvalue weighted by Gasteiger charge is -2.24. The van der Waals surface area contributed by atoms with Gasteiger partial charge in [0, 0.05) is 12.5 Å². The van der Waals surface area contributed by atoms with Crippen LogP contribution in [-0.4, -0.2) is 48.2 Å². The minimum atomic E-state index is -1.53. The summed E-state index contributed by atoms with van der Waals surface area (Å²) in [6.45, 7) is 3.12. The first-order valence-corrected chi connectivity index (χ1v) is 10.4. The van der Waals surface area contributed by atoms with E-state index in [2.05, 4.69) is 10.3 Å². The summed E-state index contributed by atoms with van der Waals surface area (Å²) in [6.07, 6.45) is -1.40. The van der Waals surface area contributed by atoms with Crippen molar-refractivity contribution in [3.05, 3.63) is 59.7 Å². The van der Waals surface area contributed by atoms with E-state index in [1.165, 1.54) is 6.92 Å². The summed E-state index contributed by atoms with van der Waals surface area (Å²) in [7, 11) is 0. The average molecular weight is 423 g/mol. The molecule has 0 radical (unpaired) electrons. The third-order valence-electron chi connectivity index (χ3n) is 5.34. The SMILES string of the molecule is CCCC(N=C([O-])OCC1c2ccccc2-c2ccccc21)C(O)C(=O)NCC(C)=O. The quantitative estimate of drug-likeness (QED) is 0.472. The van der Waals surface area contributed by atoms with Gasteiger partial charge in [0.15, 0.2) is 6.10 Å². The van der Waals surface area contributed by atoms with Gasteiger partial charge >= 0.3 is 0 Å². The maximum atomic E-state index is 12.4. The number of aliphatic hydroxyl groups is 1. The van der Waals surface area contributed by atoms with Crippen LogP contribution in [0.25, 0.3) is 11.1 Å². The Morgan fingerprint density at radius 2 is 1.71 bits per heavy atom. The first-order valence-electron chi connectivity index (χ1n) is 10.4. The van der Waals surface area contributed by atoms with E-state index in [1.807, 2.05) is 55.5 Å². The van der Waals surface area contributed by atoms with Gasteiger partial charge in [-0.1, -0.05) is 61.9 Å². The van der Waals surface area contributed by atoms with Crippen LogP contribution in [0.3, 0.4) is 0 Å². The van der Waals surface area contributed by atoms with Gasteiger partial charge in [0.2, 0.25) is 0 Å². The monoisotopic (exact) mass is 423 g/mol. The number of ketones is 1. The number of carbonyl (C=O) groups excluding carboxylic acids is 2. The molecule has 3 rings (SSSR count). The number of hydrogen-bond acceptors (Lipinski definition) is 6. The summed E-state index contributed by atoms with van der Waals surface area (Å²) in [5.41, 5.74) is 4.42. The van der Waals surface area contributed by atoms with Gasteiger partial charge in [-0.05, 0) is 35.6 Å². The van der Waals surface area contributed by atoms with Crippen molar-refractivity contribution in [2.75, 3.05) is 13.2 Å². The van der Waals surface area contributed by atoms with Crippen molar-refractivity contribution in [2.24, 2.45) is 4.99 Å². The van der Waals surface area contributed by atoms with Crippen molar-refractivity contribution >= 4 is 17.8 Å².